The van der Waals surface area contributed by atoms with Crippen LogP contribution in [-0.4, -0.2) is 37.0 Å². The van der Waals surface area contributed by atoms with Gasteiger partial charge in [0.1, 0.15) is 11.9 Å². The van der Waals surface area contributed by atoms with Crippen LogP contribution in [0.2, 0.25) is 0 Å². The van der Waals surface area contributed by atoms with Crippen molar-refractivity contribution in [1.29, 1.82) is 0 Å². The van der Waals surface area contributed by atoms with Crippen LogP contribution in [0.5, 0.6) is 5.75 Å². The van der Waals surface area contributed by atoms with Gasteiger partial charge in [-0.3, -0.25) is 4.79 Å². The van der Waals surface area contributed by atoms with Gasteiger partial charge in [-0.05, 0) is 61.9 Å². The molecule has 4 nitrogen and oxygen atoms in total. The van der Waals surface area contributed by atoms with Gasteiger partial charge in [0.05, 0.1) is 5.56 Å². The molecule has 1 N–H and O–H groups in total. The Bertz CT molecular complexity index is 984. The lowest BCUT2D eigenvalue weighted by molar-refractivity contribution is 0.102. The second-order valence-electron chi connectivity index (χ2n) is 7.87. The molecule has 1 aliphatic heterocycles. The maximum atomic E-state index is 12.9. The second-order valence-corrected chi connectivity index (χ2v) is 8.89. The number of amides is 1. The summed E-state index contributed by atoms with van der Waals surface area (Å²) in [5.74, 6) is 1.58. The van der Waals surface area contributed by atoms with E-state index < -0.39 is 0 Å². The van der Waals surface area contributed by atoms with Crippen LogP contribution in [0.4, 0.5) is 5.69 Å². The van der Waals surface area contributed by atoms with E-state index in [1.54, 1.807) is 11.8 Å². The maximum absolute atomic E-state index is 12.9. The molecule has 0 spiro atoms. The van der Waals surface area contributed by atoms with E-state index in [-0.39, 0.29) is 12.0 Å². The Hall–Kier alpha value is -2.76. The highest BCUT2D eigenvalue weighted by Crippen LogP contribution is 2.27. The smallest absolute Gasteiger partial charge is 0.256 e. The van der Waals surface area contributed by atoms with Crippen molar-refractivity contribution < 1.29 is 9.53 Å². The van der Waals surface area contributed by atoms with E-state index in [4.69, 9.17) is 4.74 Å². The SMILES string of the molecule is CN1CCC(Oc2ccc(NC(=O)c3ccccc3SCc3ccccc3)cc2)CC1. The molecule has 1 aliphatic rings. The van der Waals surface area contributed by atoms with Crippen molar-refractivity contribution in [2.24, 2.45) is 0 Å². The fraction of sp³-hybridized carbons (Fsp3) is 0.269. The van der Waals surface area contributed by atoms with Crippen LogP contribution in [0.25, 0.3) is 0 Å². The number of benzene rings is 3. The summed E-state index contributed by atoms with van der Waals surface area (Å²) < 4.78 is 6.10. The van der Waals surface area contributed by atoms with E-state index in [0.29, 0.717) is 5.56 Å². The normalized spacial score (nSPS) is 14.9. The molecule has 1 fully saturated rings. The minimum Gasteiger partial charge on any atom is -0.490 e. The molecular weight excluding hydrogens is 404 g/mol. The average molecular weight is 433 g/mol. The summed E-state index contributed by atoms with van der Waals surface area (Å²) >= 11 is 1.68. The molecular formula is C26H28N2O2S. The van der Waals surface area contributed by atoms with Gasteiger partial charge in [-0.2, -0.15) is 0 Å². The topological polar surface area (TPSA) is 41.6 Å². The van der Waals surface area contributed by atoms with Crippen LogP contribution < -0.4 is 10.1 Å². The molecule has 0 aliphatic carbocycles. The number of anilines is 1. The molecule has 4 rings (SSSR count). The minimum atomic E-state index is -0.0971. The Balaban J connectivity index is 1.36. The molecule has 3 aromatic carbocycles. The highest BCUT2D eigenvalue weighted by molar-refractivity contribution is 7.98. The predicted molar refractivity (Wildman–Crippen MR) is 128 cm³/mol. The molecule has 1 heterocycles. The van der Waals surface area contributed by atoms with Crippen molar-refractivity contribution >= 4 is 23.4 Å². The van der Waals surface area contributed by atoms with Gasteiger partial charge in [0, 0.05) is 29.4 Å². The van der Waals surface area contributed by atoms with Crippen molar-refractivity contribution in [3.8, 4) is 5.75 Å². The summed E-state index contributed by atoms with van der Waals surface area (Å²) in [7, 11) is 2.14. The highest BCUT2D eigenvalue weighted by atomic mass is 32.2. The fourth-order valence-electron chi connectivity index (χ4n) is 3.63. The fourth-order valence-corrected chi connectivity index (χ4v) is 4.63. The summed E-state index contributed by atoms with van der Waals surface area (Å²) in [5, 5.41) is 3.02. The van der Waals surface area contributed by atoms with Gasteiger partial charge < -0.3 is 15.0 Å². The Kier molecular flexibility index (Phi) is 7.28. The zero-order chi connectivity index (χ0) is 21.5. The van der Waals surface area contributed by atoms with Gasteiger partial charge in [-0.1, -0.05) is 42.5 Å². The van der Waals surface area contributed by atoms with E-state index in [0.717, 1.165) is 48.0 Å². The zero-order valence-corrected chi connectivity index (χ0v) is 18.6. The first kappa shape index (κ1) is 21.5. The van der Waals surface area contributed by atoms with Gasteiger partial charge in [-0.25, -0.2) is 0 Å². The summed E-state index contributed by atoms with van der Waals surface area (Å²) in [5.41, 5.74) is 2.70. The lowest BCUT2D eigenvalue weighted by atomic mass is 10.1. The monoisotopic (exact) mass is 432 g/mol. The third-order valence-electron chi connectivity index (χ3n) is 5.45. The van der Waals surface area contributed by atoms with E-state index in [1.165, 1.54) is 5.56 Å². The summed E-state index contributed by atoms with van der Waals surface area (Å²) in [6.07, 6.45) is 2.36. The Morgan fingerprint density at radius 2 is 1.65 bits per heavy atom. The number of hydrogen-bond acceptors (Lipinski definition) is 4. The molecule has 1 amide bonds. The number of nitrogens with one attached hydrogen (secondary N) is 1. The molecule has 0 saturated carbocycles. The Labute approximate surface area is 188 Å². The number of carbonyl (C=O) groups excluding carboxylic acids is 1. The molecule has 160 valence electrons. The molecule has 0 aromatic heterocycles. The van der Waals surface area contributed by atoms with E-state index in [9.17, 15) is 4.79 Å². The number of nitrogens with zero attached hydrogens (tertiary/aromatic N) is 1. The third-order valence-corrected chi connectivity index (χ3v) is 6.59. The quantitative estimate of drug-likeness (QED) is 0.486. The maximum Gasteiger partial charge on any atom is 0.256 e. The highest BCUT2D eigenvalue weighted by Gasteiger charge is 2.18. The van der Waals surface area contributed by atoms with Gasteiger partial charge in [0.25, 0.3) is 5.91 Å². The summed E-state index contributed by atoms with van der Waals surface area (Å²) in [4.78, 5) is 16.2. The standard InChI is InChI=1S/C26H28N2O2S/c1-28-17-15-23(16-18-28)30-22-13-11-21(12-14-22)27-26(29)24-9-5-6-10-25(24)31-19-20-7-3-2-4-8-20/h2-14,23H,15-19H2,1H3,(H,27,29). The molecule has 0 unspecified atom stereocenters. The average Bonchev–Trinajstić information content (AvgIpc) is 2.81. The number of carbonyl (C=O) groups is 1. The lowest BCUT2D eigenvalue weighted by Crippen LogP contribution is -2.35. The van der Waals surface area contributed by atoms with E-state index in [2.05, 4.69) is 29.4 Å². The third kappa shape index (κ3) is 6.12. The number of piperidine rings is 1. The van der Waals surface area contributed by atoms with Crippen molar-refractivity contribution in [3.05, 3.63) is 90.0 Å². The largest absolute Gasteiger partial charge is 0.490 e. The molecule has 0 atom stereocenters. The van der Waals surface area contributed by atoms with Gasteiger partial charge in [0.15, 0.2) is 0 Å². The molecule has 1 saturated heterocycles. The summed E-state index contributed by atoms with van der Waals surface area (Å²) in [6, 6.07) is 25.7. The van der Waals surface area contributed by atoms with Gasteiger partial charge >= 0.3 is 0 Å². The first-order valence-corrected chi connectivity index (χ1v) is 11.7. The number of ether oxygens (including phenoxy) is 1. The Morgan fingerprint density at radius 3 is 2.39 bits per heavy atom. The number of likely N-dealkylation sites (tertiary alicyclic amines) is 1. The summed E-state index contributed by atoms with van der Waals surface area (Å²) in [6.45, 7) is 2.14. The van der Waals surface area contributed by atoms with Crippen LogP contribution in [0, 0.1) is 0 Å². The van der Waals surface area contributed by atoms with Crippen molar-refractivity contribution in [2.75, 3.05) is 25.5 Å². The van der Waals surface area contributed by atoms with Crippen molar-refractivity contribution in [1.82, 2.24) is 4.90 Å². The van der Waals surface area contributed by atoms with Gasteiger partial charge in [-0.15, -0.1) is 11.8 Å². The molecule has 0 bridgehead atoms. The lowest BCUT2D eigenvalue weighted by Gasteiger charge is -2.29. The first-order valence-electron chi connectivity index (χ1n) is 10.7. The second kappa shape index (κ2) is 10.5. The zero-order valence-electron chi connectivity index (χ0n) is 17.8. The van der Waals surface area contributed by atoms with Crippen molar-refractivity contribution in [2.45, 2.75) is 29.6 Å². The van der Waals surface area contributed by atoms with E-state index in [1.807, 2.05) is 66.7 Å². The first-order chi connectivity index (χ1) is 15.2. The molecule has 3 aromatic rings. The number of hydrogen-bond donors (Lipinski definition) is 1. The van der Waals surface area contributed by atoms with Crippen LogP contribution in [0.1, 0.15) is 28.8 Å². The van der Waals surface area contributed by atoms with Crippen LogP contribution in [-0.2, 0) is 5.75 Å². The minimum absolute atomic E-state index is 0.0971. The van der Waals surface area contributed by atoms with Crippen LogP contribution >= 0.6 is 11.8 Å². The number of thioether (sulfide) groups is 1. The van der Waals surface area contributed by atoms with Crippen LogP contribution in [0.3, 0.4) is 0 Å². The van der Waals surface area contributed by atoms with Gasteiger partial charge in [0.2, 0.25) is 0 Å². The number of rotatable bonds is 7. The predicted octanol–water partition coefficient (Wildman–Crippen LogP) is 5.70. The van der Waals surface area contributed by atoms with Crippen molar-refractivity contribution in [3.63, 3.8) is 0 Å². The molecule has 5 heteroatoms. The molecule has 0 radical (unpaired) electrons. The molecule has 31 heavy (non-hydrogen) atoms. The van der Waals surface area contributed by atoms with E-state index >= 15 is 0 Å². The Morgan fingerprint density at radius 1 is 0.968 bits per heavy atom. The van der Waals surface area contributed by atoms with Crippen LogP contribution in [0.15, 0.2) is 83.8 Å².